The summed E-state index contributed by atoms with van der Waals surface area (Å²) in [5.41, 5.74) is 6.87. The molecule has 0 aliphatic rings. The molecule has 0 saturated heterocycles. The van der Waals surface area contributed by atoms with Crippen LogP contribution in [0.1, 0.15) is 11.3 Å². The van der Waals surface area contributed by atoms with Gasteiger partial charge in [-0.25, -0.2) is 9.97 Å². The van der Waals surface area contributed by atoms with Gasteiger partial charge < -0.3 is 10.5 Å². The predicted molar refractivity (Wildman–Crippen MR) is 68.7 cm³/mol. The largest absolute Gasteiger partial charge is 0.476 e. The summed E-state index contributed by atoms with van der Waals surface area (Å²) in [6.07, 6.45) is 3.78. The smallest absolute Gasteiger partial charge is 0.243 e. The highest BCUT2D eigenvalue weighted by atomic mass is 16.5. The maximum Gasteiger partial charge on any atom is 0.243 e. The minimum absolute atomic E-state index is 0.141. The molecule has 0 aliphatic heterocycles. The van der Waals surface area contributed by atoms with Crippen molar-refractivity contribution in [2.24, 2.45) is 5.73 Å². The number of amidine groups is 1. The van der Waals surface area contributed by atoms with Gasteiger partial charge in [0.1, 0.15) is 5.84 Å². The zero-order chi connectivity index (χ0) is 12.8. The summed E-state index contributed by atoms with van der Waals surface area (Å²) in [4.78, 5) is 7.99. The Kier molecular flexibility index (Phi) is 3.86. The maximum absolute atomic E-state index is 7.37. The SMILES string of the molecule is N=C(N)c1nccnc1OCCc1ccccc1. The third-order valence-electron chi connectivity index (χ3n) is 2.39. The fourth-order valence-electron chi connectivity index (χ4n) is 1.53. The van der Waals surface area contributed by atoms with Crippen molar-refractivity contribution >= 4 is 5.84 Å². The van der Waals surface area contributed by atoms with Gasteiger partial charge in [0.25, 0.3) is 0 Å². The first-order chi connectivity index (χ1) is 8.77. The molecule has 1 aromatic carbocycles. The Morgan fingerprint density at radius 3 is 2.61 bits per heavy atom. The first-order valence-corrected chi connectivity index (χ1v) is 5.59. The second-order valence-electron chi connectivity index (χ2n) is 3.71. The van der Waals surface area contributed by atoms with Gasteiger partial charge >= 0.3 is 0 Å². The molecule has 0 spiro atoms. The van der Waals surface area contributed by atoms with Crippen LogP contribution in [0, 0.1) is 5.41 Å². The summed E-state index contributed by atoms with van der Waals surface area (Å²) < 4.78 is 5.51. The molecule has 5 heteroatoms. The lowest BCUT2D eigenvalue weighted by Crippen LogP contribution is -2.16. The third-order valence-corrected chi connectivity index (χ3v) is 2.39. The van der Waals surface area contributed by atoms with Crippen LogP contribution < -0.4 is 10.5 Å². The van der Waals surface area contributed by atoms with Crippen LogP contribution in [0.4, 0.5) is 0 Å². The molecule has 2 rings (SSSR count). The molecule has 0 aliphatic carbocycles. The van der Waals surface area contributed by atoms with E-state index in [2.05, 4.69) is 9.97 Å². The summed E-state index contributed by atoms with van der Waals surface area (Å²) in [5.74, 6) is 0.166. The summed E-state index contributed by atoms with van der Waals surface area (Å²) in [5, 5.41) is 7.37. The Hall–Kier alpha value is -2.43. The van der Waals surface area contributed by atoms with Crippen LogP contribution in [0.3, 0.4) is 0 Å². The summed E-state index contributed by atoms with van der Waals surface area (Å²) in [6, 6.07) is 10.0. The van der Waals surface area contributed by atoms with E-state index < -0.39 is 0 Å². The van der Waals surface area contributed by atoms with Crippen LogP contribution in [0.25, 0.3) is 0 Å². The third kappa shape index (κ3) is 3.04. The van der Waals surface area contributed by atoms with Crippen LogP contribution in [-0.2, 0) is 6.42 Å². The van der Waals surface area contributed by atoms with Crippen molar-refractivity contribution in [2.75, 3.05) is 6.61 Å². The van der Waals surface area contributed by atoms with Gasteiger partial charge in [-0.15, -0.1) is 0 Å². The van der Waals surface area contributed by atoms with Crippen molar-refractivity contribution in [3.05, 3.63) is 54.0 Å². The number of rotatable bonds is 5. The molecule has 92 valence electrons. The van der Waals surface area contributed by atoms with Crippen molar-refractivity contribution in [3.63, 3.8) is 0 Å². The van der Waals surface area contributed by atoms with E-state index >= 15 is 0 Å². The fraction of sp³-hybridized carbons (Fsp3) is 0.154. The zero-order valence-corrected chi connectivity index (χ0v) is 9.84. The molecule has 0 saturated carbocycles. The second-order valence-corrected chi connectivity index (χ2v) is 3.71. The van der Waals surface area contributed by atoms with E-state index in [1.54, 1.807) is 0 Å². The summed E-state index contributed by atoms with van der Waals surface area (Å²) in [6.45, 7) is 0.475. The van der Waals surface area contributed by atoms with E-state index in [0.29, 0.717) is 12.5 Å². The van der Waals surface area contributed by atoms with Gasteiger partial charge in [0.05, 0.1) is 6.61 Å². The van der Waals surface area contributed by atoms with Crippen LogP contribution in [-0.4, -0.2) is 22.4 Å². The normalized spacial score (nSPS) is 10.0. The van der Waals surface area contributed by atoms with E-state index in [0.717, 1.165) is 6.42 Å². The van der Waals surface area contributed by atoms with Gasteiger partial charge in [-0.2, -0.15) is 0 Å². The summed E-state index contributed by atoms with van der Waals surface area (Å²) in [7, 11) is 0. The number of nitrogens with one attached hydrogen (secondary N) is 1. The highest BCUT2D eigenvalue weighted by Gasteiger charge is 2.08. The highest BCUT2D eigenvalue weighted by Crippen LogP contribution is 2.11. The molecule has 5 nitrogen and oxygen atoms in total. The van der Waals surface area contributed by atoms with E-state index in [1.165, 1.54) is 18.0 Å². The quantitative estimate of drug-likeness (QED) is 0.612. The molecular formula is C13H14N4O. The number of hydrogen-bond donors (Lipinski definition) is 2. The number of benzene rings is 1. The fourth-order valence-corrected chi connectivity index (χ4v) is 1.53. The Balaban J connectivity index is 1.97. The zero-order valence-electron chi connectivity index (χ0n) is 9.84. The second kappa shape index (κ2) is 5.77. The highest BCUT2D eigenvalue weighted by molar-refractivity contribution is 5.94. The van der Waals surface area contributed by atoms with E-state index in [-0.39, 0.29) is 11.5 Å². The van der Waals surface area contributed by atoms with Gasteiger partial charge in [-0.3, -0.25) is 5.41 Å². The number of nitrogen functional groups attached to an aromatic ring is 1. The maximum atomic E-state index is 7.37. The number of nitrogens with two attached hydrogens (primary N) is 1. The van der Waals surface area contributed by atoms with E-state index in [4.69, 9.17) is 15.9 Å². The number of nitrogens with zero attached hydrogens (tertiary/aromatic N) is 2. The molecular weight excluding hydrogens is 228 g/mol. The van der Waals surface area contributed by atoms with Crippen LogP contribution in [0.5, 0.6) is 5.88 Å². The predicted octanol–water partition coefficient (Wildman–Crippen LogP) is 1.38. The van der Waals surface area contributed by atoms with Crippen molar-refractivity contribution in [3.8, 4) is 5.88 Å². The molecule has 0 fully saturated rings. The van der Waals surface area contributed by atoms with Crippen LogP contribution in [0.2, 0.25) is 0 Å². The molecule has 0 atom stereocenters. The van der Waals surface area contributed by atoms with Crippen molar-refractivity contribution in [1.29, 1.82) is 5.41 Å². The monoisotopic (exact) mass is 242 g/mol. The average Bonchev–Trinajstić information content (AvgIpc) is 2.40. The van der Waals surface area contributed by atoms with Crippen LogP contribution in [0.15, 0.2) is 42.7 Å². The Bertz CT molecular complexity index is 528. The lowest BCUT2D eigenvalue weighted by atomic mass is 10.2. The van der Waals surface area contributed by atoms with E-state index in [9.17, 15) is 0 Å². The molecule has 0 bridgehead atoms. The summed E-state index contributed by atoms with van der Waals surface area (Å²) >= 11 is 0. The Morgan fingerprint density at radius 2 is 1.89 bits per heavy atom. The minimum atomic E-state index is -0.141. The first-order valence-electron chi connectivity index (χ1n) is 5.59. The van der Waals surface area contributed by atoms with Crippen molar-refractivity contribution in [2.45, 2.75) is 6.42 Å². The molecule has 18 heavy (non-hydrogen) atoms. The Labute approximate surface area is 105 Å². The standard InChI is InChI=1S/C13H14N4O/c14-12(15)11-13(17-8-7-16-11)18-9-6-10-4-2-1-3-5-10/h1-5,7-8H,6,9H2,(H3,14,15). The molecule has 3 N–H and O–H groups in total. The van der Waals surface area contributed by atoms with Crippen molar-refractivity contribution in [1.82, 2.24) is 9.97 Å². The van der Waals surface area contributed by atoms with Gasteiger partial charge in [-0.1, -0.05) is 30.3 Å². The number of hydrogen-bond acceptors (Lipinski definition) is 4. The lowest BCUT2D eigenvalue weighted by Gasteiger charge is -2.08. The lowest BCUT2D eigenvalue weighted by molar-refractivity contribution is 0.307. The topological polar surface area (TPSA) is 84.9 Å². The van der Waals surface area contributed by atoms with Gasteiger partial charge in [0, 0.05) is 18.8 Å². The Morgan fingerprint density at radius 1 is 1.17 bits per heavy atom. The number of ether oxygens (including phenoxy) is 1. The van der Waals surface area contributed by atoms with E-state index in [1.807, 2.05) is 30.3 Å². The molecule has 0 unspecified atom stereocenters. The number of aromatic nitrogens is 2. The average molecular weight is 242 g/mol. The van der Waals surface area contributed by atoms with Gasteiger partial charge in [0.2, 0.25) is 5.88 Å². The molecule has 1 aromatic heterocycles. The molecule has 2 aromatic rings. The van der Waals surface area contributed by atoms with Gasteiger partial charge in [-0.05, 0) is 5.56 Å². The first kappa shape index (κ1) is 12.0. The van der Waals surface area contributed by atoms with Crippen molar-refractivity contribution < 1.29 is 4.74 Å². The minimum Gasteiger partial charge on any atom is -0.476 e. The molecule has 1 heterocycles. The molecule has 0 radical (unpaired) electrons. The molecule has 0 amide bonds. The van der Waals surface area contributed by atoms with Crippen LogP contribution >= 0.6 is 0 Å². The van der Waals surface area contributed by atoms with Gasteiger partial charge in [0.15, 0.2) is 5.69 Å².